The fourth-order valence-corrected chi connectivity index (χ4v) is 2.90. The molecule has 0 atom stereocenters. The Morgan fingerprint density at radius 2 is 1.95 bits per heavy atom. The number of fused-ring (bicyclic) bond motifs is 1. The summed E-state index contributed by atoms with van der Waals surface area (Å²) in [6.07, 6.45) is 1.81. The molecule has 3 nitrogen and oxygen atoms in total. The molecule has 0 unspecified atom stereocenters. The van der Waals surface area contributed by atoms with Crippen molar-refractivity contribution in [1.29, 1.82) is 0 Å². The number of nitrogens with zero attached hydrogens (tertiary/aromatic N) is 2. The summed E-state index contributed by atoms with van der Waals surface area (Å²) < 4.78 is 7.76. The van der Waals surface area contributed by atoms with Gasteiger partial charge in [-0.05, 0) is 38.0 Å². The molecule has 0 saturated carbocycles. The lowest BCUT2D eigenvalue weighted by Crippen LogP contribution is -2.03. The predicted molar refractivity (Wildman–Crippen MR) is 86.0 cm³/mol. The van der Waals surface area contributed by atoms with Crippen LogP contribution in [0.2, 0.25) is 0 Å². The number of aryl methyl sites for hydroxylation is 2. The summed E-state index contributed by atoms with van der Waals surface area (Å²) in [5.74, 6) is 0.691. The summed E-state index contributed by atoms with van der Waals surface area (Å²) in [5, 5.41) is 1.21. The fourth-order valence-electron chi connectivity index (χ4n) is 2.90. The van der Waals surface area contributed by atoms with Gasteiger partial charge in [0.15, 0.2) is 0 Å². The zero-order valence-corrected chi connectivity index (χ0v) is 13.0. The maximum absolute atomic E-state index is 5.47. The summed E-state index contributed by atoms with van der Waals surface area (Å²) >= 11 is 0. The van der Waals surface area contributed by atoms with Crippen molar-refractivity contribution in [2.45, 2.75) is 27.3 Å². The number of ether oxygens (including phenoxy) is 1. The van der Waals surface area contributed by atoms with Crippen LogP contribution in [0.3, 0.4) is 0 Å². The Kier molecular flexibility index (Phi) is 3.42. The predicted octanol–water partition coefficient (Wildman–Crippen LogP) is 4.02. The first-order valence-corrected chi connectivity index (χ1v) is 7.15. The Morgan fingerprint density at radius 3 is 2.67 bits per heavy atom. The van der Waals surface area contributed by atoms with Crippen molar-refractivity contribution in [3.8, 4) is 5.88 Å². The van der Waals surface area contributed by atoms with Crippen LogP contribution in [0.25, 0.3) is 10.9 Å². The molecule has 0 saturated heterocycles. The van der Waals surface area contributed by atoms with Gasteiger partial charge in [0.1, 0.15) is 5.52 Å². The van der Waals surface area contributed by atoms with Crippen molar-refractivity contribution >= 4 is 10.9 Å². The largest absolute Gasteiger partial charge is 0.479 e. The average Bonchev–Trinajstić information content (AvgIpc) is 2.73. The van der Waals surface area contributed by atoms with E-state index >= 15 is 0 Å². The first-order valence-electron chi connectivity index (χ1n) is 7.15. The molecular weight excluding hydrogens is 260 g/mol. The monoisotopic (exact) mass is 280 g/mol. The molecule has 2 heterocycles. The summed E-state index contributed by atoms with van der Waals surface area (Å²) in [7, 11) is 1.68. The topological polar surface area (TPSA) is 27.1 Å². The maximum Gasteiger partial charge on any atom is 0.238 e. The van der Waals surface area contributed by atoms with Crippen molar-refractivity contribution in [1.82, 2.24) is 9.55 Å². The Labute approximate surface area is 125 Å². The van der Waals surface area contributed by atoms with Crippen LogP contribution in [0.1, 0.15) is 22.4 Å². The Morgan fingerprint density at radius 1 is 1.14 bits per heavy atom. The highest BCUT2D eigenvalue weighted by Crippen LogP contribution is 2.31. The second-order valence-corrected chi connectivity index (χ2v) is 5.50. The molecule has 2 aromatic heterocycles. The van der Waals surface area contributed by atoms with Gasteiger partial charge in [0, 0.05) is 23.8 Å². The van der Waals surface area contributed by atoms with Crippen LogP contribution in [0.15, 0.2) is 36.5 Å². The molecule has 0 aliphatic carbocycles. The van der Waals surface area contributed by atoms with E-state index in [9.17, 15) is 0 Å². The molecule has 3 aromatic rings. The third-order valence-electron chi connectivity index (χ3n) is 4.13. The third kappa shape index (κ3) is 2.29. The molecule has 0 bridgehead atoms. The lowest BCUT2D eigenvalue weighted by molar-refractivity contribution is 0.401. The lowest BCUT2D eigenvalue weighted by Gasteiger charge is -2.11. The average molecular weight is 280 g/mol. The smallest absolute Gasteiger partial charge is 0.238 e. The van der Waals surface area contributed by atoms with Gasteiger partial charge in [0.05, 0.1) is 7.11 Å². The molecule has 0 aliphatic rings. The summed E-state index contributed by atoms with van der Waals surface area (Å²) in [6, 6.07) is 10.7. The van der Waals surface area contributed by atoms with Crippen LogP contribution < -0.4 is 4.74 Å². The molecule has 21 heavy (non-hydrogen) atoms. The molecule has 3 heteroatoms. The van der Waals surface area contributed by atoms with Gasteiger partial charge in [0.25, 0.3) is 0 Å². The van der Waals surface area contributed by atoms with E-state index in [-0.39, 0.29) is 0 Å². The minimum Gasteiger partial charge on any atom is -0.479 e. The van der Waals surface area contributed by atoms with Gasteiger partial charge in [-0.1, -0.05) is 29.8 Å². The zero-order valence-electron chi connectivity index (χ0n) is 13.0. The molecule has 0 fully saturated rings. The van der Waals surface area contributed by atoms with Crippen LogP contribution in [-0.2, 0) is 6.54 Å². The van der Waals surface area contributed by atoms with E-state index in [1.165, 1.54) is 27.8 Å². The van der Waals surface area contributed by atoms with Crippen molar-refractivity contribution in [3.05, 3.63) is 58.9 Å². The van der Waals surface area contributed by atoms with E-state index in [1.54, 1.807) is 7.11 Å². The van der Waals surface area contributed by atoms with Gasteiger partial charge >= 0.3 is 0 Å². The van der Waals surface area contributed by atoms with Gasteiger partial charge in [-0.2, -0.15) is 0 Å². The number of pyridine rings is 1. The third-order valence-corrected chi connectivity index (χ3v) is 4.13. The van der Waals surface area contributed by atoms with Crippen molar-refractivity contribution in [3.63, 3.8) is 0 Å². The molecule has 0 radical (unpaired) electrons. The molecular formula is C18H20N2O. The van der Waals surface area contributed by atoms with E-state index < -0.39 is 0 Å². The highest BCUT2D eigenvalue weighted by atomic mass is 16.5. The fraction of sp³-hybridized carbons (Fsp3) is 0.278. The second-order valence-electron chi connectivity index (χ2n) is 5.50. The molecule has 0 spiro atoms. The van der Waals surface area contributed by atoms with Crippen LogP contribution >= 0.6 is 0 Å². The SMILES string of the molecule is COc1nccc2c(C)c(C)n(Cc3cccc(C)c3)c12. The van der Waals surface area contributed by atoms with Crippen LogP contribution in [0.5, 0.6) is 5.88 Å². The number of hydrogen-bond acceptors (Lipinski definition) is 2. The molecule has 0 amide bonds. The van der Waals surface area contributed by atoms with Crippen molar-refractivity contribution in [2.75, 3.05) is 7.11 Å². The van der Waals surface area contributed by atoms with Crippen LogP contribution in [0, 0.1) is 20.8 Å². The van der Waals surface area contributed by atoms with Crippen LogP contribution in [-0.4, -0.2) is 16.7 Å². The van der Waals surface area contributed by atoms with Gasteiger partial charge in [-0.25, -0.2) is 4.98 Å². The maximum atomic E-state index is 5.47. The number of methoxy groups -OCH3 is 1. The zero-order chi connectivity index (χ0) is 15.0. The molecule has 3 rings (SSSR count). The molecule has 0 N–H and O–H groups in total. The minimum absolute atomic E-state index is 0.691. The van der Waals surface area contributed by atoms with Gasteiger partial charge in [-0.15, -0.1) is 0 Å². The highest BCUT2D eigenvalue weighted by molar-refractivity contribution is 5.88. The Balaban J connectivity index is 2.20. The highest BCUT2D eigenvalue weighted by Gasteiger charge is 2.15. The van der Waals surface area contributed by atoms with E-state index in [0.717, 1.165) is 12.1 Å². The molecule has 108 valence electrons. The summed E-state index contributed by atoms with van der Waals surface area (Å²) in [4.78, 5) is 4.36. The number of benzene rings is 1. The number of rotatable bonds is 3. The Hall–Kier alpha value is -2.29. The number of hydrogen-bond donors (Lipinski definition) is 0. The van der Waals surface area contributed by atoms with Crippen molar-refractivity contribution < 1.29 is 4.74 Å². The van der Waals surface area contributed by atoms with Gasteiger partial charge in [-0.3, -0.25) is 0 Å². The lowest BCUT2D eigenvalue weighted by atomic mass is 10.1. The van der Waals surface area contributed by atoms with E-state index in [4.69, 9.17) is 4.74 Å². The molecule has 1 aromatic carbocycles. The summed E-state index contributed by atoms with van der Waals surface area (Å²) in [5.41, 5.74) is 6.21. The first kappa shape index (κ1) is 13.7. The first-order chi connectivity index (χ1) is 10.1. The van der Waals surface area contributed by atoms with Crippen LogP contribution in [0.4, 0.5) is 0 Å². The minimum atomic E-state index is 0.691. The van der Waals surface area contributed by atoms with E-state index in [0.29, 0.717) is 5.88 Å². The normalized spacial score (nSPS) is 11.0. The standard InChI is InChI=1S/C18H20N2O/c1-12-6-5-7-15(10-12)11-20-14(3)13(2)16-8-9-19-18(21-4)17(16)20/h5-10H,11H2,1-4H3. The molecule has 0 aliphatic heterocycles. The Bertz CT molecular complexity index is 802. The van der Waals surface area contributed by atoms with E-state index in [2.05, 4.69) is 60.7 Å². The van der Waals surface area contributed by atoms with E-state index in [1.807, 2.05) is 6.20 Å². The van der Waals surface area contributed by atoms with Gasteiger partial charge < -0.3 is 9.30 Å². The van der Waals surface area contributed by atoms with Gasteiger partial charge in [0.2, 0.25) is 5.88 Å². The van der Waals surface area contributed by atoms with Crippen molar-refractivity contribution in [2.24, 2.45) is 0 Å². The number of aromatic nitrogens is 2. The summed E-state index contributed by atoms with van der Waals surface area (Å²) in [6.45, 7) is 7.27. The second kappa shape index (κ2) is 5.24. The quantitative estimate of drug-likeness (QED) is 0.724.